The standard InChI is InChI=1S/HNO3.NO3.H2O.O.Zr/c2*2-1(3)4;;;/h(H,2,3,4);;1H2;;/q;-1;;;. The molecular weight excluding hydrogens is 247 g/mol. The van der Waals surface area contributed by atoms with Crippen molar-refractivity contribution in [1.82, 2.24) is 0 Å². The molecule has 0 spiro atoms. The van der Waals surface area contributed by atoms with Crippen LogP contribution in [-0.2, 0) is 27.5 Å². The van der Waals surface area contributed by atoms with Crippen molar-refractivity contribution in [3.05, 3.63) is 25.4 Å². The fourth-order valence-electron chi connectivity index (χ4n) is 0. The molecule has 0 aliphatic carbocycles. The summed E-state index contributed by atoms with van der Waals surface area (Å²) in [5.74, 6) is 0. The summed E-state index contributed by atoms with van der Waals surface area (Å²) < 4.78 is 8.34. The first-order valence-corrected chi connectivity index (χ1v) is 2.32. The molecule has 3 N–H and O–H groups in total. The average Bonchev–Trinajstić information content (AvgIpc) is 1.66. The van der Waals surface area contributed by atoms with Gasteiger partial charge in [0.1, 0.15) is 0 Å². The fraction of sp³-hybridized carbons (Fsp3) is 0. The van der Waals surface area contributed by atoms with E-state index in [9.17, 15) is 0 Å². The van der Waals surface area contributed by atoms with Crippen LogP contribution in [-0.4, -0.2) is 20.9 Å². The molecule has 0 amide bonds. The predicted octanol–water partition coefficient (Wildman–Crippen LogP) is -1.53. The van der Waals surface area contributed by atoms with Gasteiger partial charge in [-0.25, -0.2) is 0 Å². The van der Waals surface area contributed by atoms with Crippen LogP contribution in [0.4, 0.5) is 0 Å². The molecule has 66 valence electrons. The molecule has 0 unspecified atom stereocenters. The van der Waals surface area contributed by atoms with E-state index in [1.807, 2.05) is 0 Å². The van der Waals surface area contributed by atoms with Gasteiger partial charge in [0.15, 0.2) is 0 Å². The van der Waals surface area contributed by atoms with Gasteiger partial charge in [-0.2, -0.15) is 0 Å². The van der Waals surface area contributed by atoms with Crippen molar-refractivity contribution in [2.24, 2.45) is 0 Å². The predicted molar refractivity (Wildman–Crippen MR) is 23.4 cm³/mol. The summed E-state index contributed by atoms with van der Waals surface area (Å²) in [5.41, 5.74) is 0. The number of hydrogen-bond donors (Lipinski definition) is 1. The van der Waals surface area contributed by atoms with Crippen LogP contribution in [0.2, 0.25) is 0 Å². The van der Waals surface area contributed by atoms with E-state index < -0.39 is 10.2 Å². The van der Waals surface area contributed by atoms with E-state index in [2.05, 4.69) is 0 Å². The Morgan fingerprint density at radius 1 is 1.09 bits per heavy atom. The zero-order valence-electron chi connectivity index (χ0n) is 4.79. The van der Waals surface area contributed by atoms with Crippen molar-refractivity contribution in [2.75, 3.05) is 0 Å². The maximum absolute atomic E-state index is 8.36. The van der Waals surface area contributed by atoms with E-state index in [1.165, 1.54) is 0 Å². The van der Waals surface area contributed by atoms with Gasteiger partial charge in [0, 0.05) is 0 Å². The van der Waals surface area contributed by atoms with Gasteiger partial charge in [-0.3, -0.25) is 0 Å². The molecule has 0 aromatic rings. The van der Waals surface area contributed by atoms with Crippen LogP contribution in [0.15, 0.2) is 0 Å². The van der Waals surface area contributed by atoms with E-state index in [4.69, 9.17) is 33.5 Å². The fourth-order valence-corrected chi connectivity index (χ4v) is 0. The molecule has 0 atom stereocenters. The molecule has 0 aromatic carbocycles. The van der Waals surface area contributed by atoms with Crippen LogP contribution >= 0.6 is 0 Å². The van der Waals surface area contributed by atoms with E-state index >= 15 is 0 Å². The Hall–Kier alpha value is -0.957. The van der Waals surface area contributed by atoms with Crippen LogP contribution in [0.5, 0.6) is 0 Å². The van der Waals surface area contributed by atoms with E-state index in [1.54, 1.807) is 0 Å². The van der Waals surface area contributed by atoms with Crippen molar-refractivity contribution in [1.29, 1.82) is 0 Å². The Labute approximate surface area is 74.2 Å². The summed E-state index contributed by atoms with van der Waals surface area (Å²) >= 11 is 0.300. The summed E-state index contributed by atoms with van der Waals surface area (Å²) in [5, 5.41) is 28.4. The van der Waals surface area contributed by atoms with Crippen LogP contribution < -0.4 is 0 Å². The molecule has 0 bridgehead atoms. The third kappa shape index (κ3) is 490. The first-order valence-electron chi connectivity index (χ1n) is 1.32. The van der Waals surface area contributed by atoms with Crippen molar-refractivity contribution < 1.29 is 48.4 Å². The molecule has 0 aliphatic rings. The summed E-state index contributed by atoms with van der Waals surface area (Å²) in [6.45, 7) is 0. The first-order chi connectivity index (χ1) is 4.46. The molecule has 0 heterocycles. The Bertz CT molecular complexity index is 80.3. The van der Waals surface area contributed by atoms with Crippen molar-refractivity contribution >= 4 is 0 Å². The zero-order chi connectivity index (χ0) is 9.15. The SMILES string of the molecule is O.O=[N+]([O-])O.O=[N+]([O-])[O-].[O]=[Zr]. The second kappa shape index (κ2) is 23.0. The van der Waals surface area contributed by atoms with Gasteiger partial charge >= 0.3 is 27.5 Å². The van der Waals surface area contributed by atoms with E-state index in [-0.39, 0.29) is 5.48 Å². The summed E-state index contributed by atoms with van der Waals surface area (Å²) in [6, 6.07) is 0. The van der Waals surface area contributed by atoms with Crippen LogP contribution in [0.25, 0.3) is 0 Å². The summed E-state index contributed by atoms with van der Waals surface area (Å²) in [7, 11) is 0. The molecule has 11 heteroatoms. The monoisotopic (exact) mass is 249 g/mol. The van der Waals surface area contributed by atoms with Gasteiger partial charge in [0.25, 0.3) is 5.09 Å². The van der Waals surface area contributed by atoms with Crippen LogP contribution in [0.3, 0.4) is 0 Å². The summed E-state index contributed by atoms with van der Waals surface area (Å²) in [4.78, 5) is 16.6. The zero-order valence-corrected chi connectivity index (χ0v) is 7.25. The Morgan fingerprint density at radius 3 is 1.09 bits per heavy atom. The molecule has 0 aromatic heterocycles. The minimum atomic E-state index is -1.75. The third-order valence-corrected chi connectivity index (χ3v) is 0. The average molecular weight is 250 g/mol. The molecule has 10 nitrogen and oxygen atoms in total. The van der Waals surface area contributed by atoms with Gasteiger partial charge in [-0.1, -0.05) is 0 Å². The number of nitrogens with zero attached hydrogens (tertiary/aromatic N) is 2. The topological polar surface area (TPSA) is 178 Å². The summed E-state index contributed by atoms with van der Waals surface area (Å²) in [6.07, 6.45) is 0. The Kier molecular flexibility index (Phi) is 47.0. The van der Waals surface area contributed by atoms with Gasteiger partial charge in [-0.15, -0.1) is 10.1 Å². The molecule has 0 rings (SSSR count). The molecule has 0 aliphatic heterocycles. The quantitative estimate of drug-likeness (QED) is 0.399. The van der Waals surface area contributed by atoms with E-state index in [0.29, 0.717) is 24.7 Å². The van der Waals surface area contributed by atoms with Gasteiger partial charge < -0.3 is 26.0 Å². The van der Waals surface area contributed by atoms with Crippen LogP contribution in [0.1, 0.15) is 0 Å². The van der Waals surface area contributed by atoms with Crippen molar-refractivity contribution in [3.63, 3.8) is 0 Å². The third-order valence-electron chi connectivity index (χ3n) is 0. The minimum absolute atomic E-state index is 0. The van der Waals surface area contributed by atoms with Crippen molar-refractivity contribution in [3.8, 4) is 0 Å². The van der Waals surface area contributed by atoms with E-state index in [0.717, 1.165) is 0 Å². The second-order valence-corrected chi connectivity index (χ2v) is 0.461. The normalized spacial score (nSPS) is 4.64. The Morgan fingerprint density at radius 2 is 1.09 bits per heavy atom. The van der Waals surface area contributed by atoms with Gasteiger partial charge in [-0.05, 0) is 0 Å². The molecule has 11 heavy (non-hydrogen) atoms. The molecule has 0 fully saturated rings. The first kappa shape index (κ1) is 22.5. The molecule has 0 saturated heterocycles. The van der Waals surface area contributed by atoms with Gasteiger partial charge in [0.05, 0.1) is 5.09 Å². The second-order valence-electron chi connectivity index (χ2n) is 0.461. The molecule has 0 radical (unpaired) electrons. The van der Waals surface area contributed by atoms with Gasteiger partial charge in [0.2, 0.25) is 0 Å². The molecular formula is H3N2O8Zr-. The van der Waals surface area contributed by atoms with Crippen molar-refractivity contribution in [2.45, 2.75) is 0 Å². The Balaban J connectivity index is -0.0000000339. The maximum atomic E-state index is 8.36. The number of rotatable bonds is 0. The molecule has 0 saturated carbocycles. The number of hydrogen-bond acceptors (Lipinski definition) is 6. The van der Waals surface area contributed by atoms with Crippen LogP contribution in [0, 0.1) is 25.4 Å².